The molecule has 92 valence electrons. The average molecular weight is 249 g/mol. The second-order valence-electron chi connectivity index (χ2n) is 4.65. The molecule has 0 saturated carbocycles. The van der Waals surface area contributed by atoms with E-state index in [1.165, 1.54) is 0 Å². The smallest absolute Gasteiger partial charge is 0.213 e. The van der Waals surface area contributed by atoms with Crippen molar-refractivity contribution in [2.75, 3.05) is 0 Å². The topological polar surface area (TPSA) is 42.1 Å². The first-order chi connectivity index (χ1) is 9.34. The van der Waals surface area contributed by atoms with E-state index in [0.717, 1.165) is 16.5 Å². The molecule has 0 unspecified atom stereocenters. The van der Waals surface area contributed by atoms with Crippen molar-refractivity contribution >= 4 is 16.7 Å². The first-order valence-corrected chi connectivity index (χ1v) is 6.21. The lowest BCUT2D eigenvalue weighted by Gasteiger charge is -2.03. The van der Waals surface area contributed by atoms with Crippen LogP contribution in [0, 0.1) is 0 Å². The van der Waals surface area contributed by atoms with Gasteiger partial charge in [0.15, 0.2) is 5.75 Å². The van der Waals surface area contributed by atoms with Gasteiger partial charge in [-0.15, -0.1) is 0 Å². The number of aromatic nitrogens is 1. The summed E-state index contributed by atoms with van der Waals surface area (Å²) in [5.74, 6) is 0.663. The van der Waals surface area contributed by atoms with Gasteiger partial charge in [0, 0.05) is 22.0 Å². The van der Waals surface area contributed by atoms with E-state index in [2.05, 4.69) is 4.98 Å². The van der Waals surface area contributed by atoms with Crippen LogP contribution in [0.25, 0.3) is 10.9 Å². The predicted octanol–water partition coefficient (Wildman–Crippen LogP) is 3.29. The molecule has 19 heavy (non-hydrogen) atoms. The Morgan fingerprint density at radius 2 is 1.79 bits per heavy atom. The molecule has 0 bridgehead atoms. The molecule has 3 heteroatoms. The van der Waals surface area contributed by atoms with Crippen molar-refractivity contribution in [1.29, 1.82) is 0 Å². The third-order valence-electron chi connectivity index (χ3n) is 3.52. The van der Waals surface area contributed by atoms with Gasteiger partial charge in [0.1, 0.15) is 12.3 Å². The van der Waals surface area contributed by atoms with Crippen molar-refractivity contribution in [3.63, 3.8) is 0 Å². The van der Waals surface area contributed by atoms with E-state index in [1.54, 1.807) is 0 Å². The summed E-state index contributed by atoms with van der Waals surface area (Å²) in [6.07, 6.45) is 0. The molecule has 2 aromatic carbocycles. The maximum Gasteiger partial charge on any atom is 0.213 e. The van der Waals surface area contributed by atoms with Crippen LogP contribution >= 0.6 is 0 Å². The summed E-state index contributed by atoms with van der Waals surface area (Å²) in [4.78, 5) is 15.8. The van der Waals surface area contributed by atoms with Gasteiger partial charge in [0.05, 0.1) is 0 Å². The Morgan fingerprint density at radius 3 is 2.74 bits per heavy atom. The number of nitrogens with one attached hydrogen (secondary N) is 1. The quantitative estimate of drug-likeness (QED) is 0.664. The summed E-state index contributed by atoms with van der Waals surface area (Å²) >= 11 is 0. The molecule has 3 nitrogen and oxygen atoms in total. The van der Waals surface area contributed by atoms with Crippen LogP contribution in [0.1, 0.15) is 21.6 Å². The number of hydrogen-bond acceptors (Lipinski definition) is 2. The second-order valence-corrected chi connectivity index (χ2v) is 4.65. The van der Waals surface area contributed by atoms with Gasteiger partial charge in [-0.25, -0.2) is 0 Å². The monoisotopic (exact) mass is 249 g/mol. The normalized spacial score (nSPS) is 13.6. The maximum atomic E-state index is 12.6. The molecule has 1 aliphatic heterocycles. The second kappa shape index (κ2) is 3.72. The van der Waals surface area contributed by atoms with Crippen LogP contribution in [0.2, 0.25) is 0 Å². The molecular weight excluding hydrogens is 238 g/mol. The minimum atomic E-state index is -0.000648. The number of carbonyl (C=O) groups is 1. The Morgan fingerprint density at radius 1 is 1.00 bits per heavy atom. The number of hydrogen-bond donors (Lipinski definition) is 1. The number of benzene rings is 2. The Bertz CT molecular complexity index is 801. The van der Waals surface area contributed by atoms with Crippen LogP contribution in [0.15, 0.2) is 48.5 Å². The first kappa shape index (κ1) is 10.4. The first-order valence-electron chi connectivity index (χ1n) is 6.21. The molecule has 3 aromatic rings. The van der Waals surface area contributed by atoms with E-state index in [4.69, 9.17) is 4.74 Å². The highest BCUT2D eigenvalue weighted by atomic mass is 16.5. The van der Waals surface area contributed by atoms with Gasteiger partial charge in [-0.05, 0) is 12.1 Å². The highest BCUT2D eigenvalue weighted by Gasteiger charge is 2.25. The Balaban J connectivity index is 2.01. The summed E-state index contributed by atoms with van der Waals surface area (Å²) in [7, 11) is 0. The molecule has 0 fully saturated rings. The highest BCUT2D eigenvalue weighted by Crippen LogP contribution is 2.34. The predicted molar refractivity (Wildman–Crippen MR) is 72.5 cm³/mol. The van der Waals surface area contributed by atoms with E-state index in [9.17, 15) is 4.79 Å². The molecular formula is C16H11NO2. The van der Waals surface area contributed by atoms with Crippen LogP contribution in [-0.2, 0) is 6.61 Å². The molecule has 0 saturated heterocycles. The number of H-pyrrole nitrogens is 1. The number of carbonyl (C=O) groups excluding carboxylic acids is 1. The zero-order valence-corrected chi connectivity index (χ0v) is 10.1. The van der Waals surface area contributed by atoms with Gasteiger partial charge >= 0.3 is 0 Å². The van der Waals surface area contributed by atoms with Gasteiger partial charge in [-0.2, -0.15) is 0 Å². The summed E-state index contributed by atoms with van der Waals surface area (Å²) in [5, 5.41) is 0.957. The van der Waals surface area contributed by atoms with Crippen LogP contribution in [0.3, 0.4) is 0 Å². The van der Waals surface area contributed by atoms with Crippen LogP contribution in [0.4, 0.5) is 0 Å². The zero-order chi connectivity index (χ0) is 12.8. The lowest BCUT2D eigenvalue weighted by Crippen LogP contribution is -2.03. The molecule has 1 aliphatic rings. The Kier molecular flexibility index (Phi) is 2.03. The van der Waals surface area contributed by atoms with Gasteiger partial charge in [0.2, 0.25) is 5.78 Å². The molecule has 1 aromatic heterocycles. The van der Waals surface area contributed by atoms with E-state index >= 15 is 0 Å². The third kappa shape index (κ3) is 1.41. The van der Waals surface area contributed by atoms with Crippen molar-refractivity contribution in [3.8, 4) is 5.75 Å². The molecule has 0 aliphatic carbocycles. The Hall–Kier alpha value is -2.55. The van der Waals surface area contributed by atoms with Crippen LogP contribution < -0.4 is 4.74 Å². The lowest BCUT2D eigenvalue weighted by atomic mass is 10.0. The molecule has 0 radical (unpaired) electrons. The molecule has 0 spiro atoms. The number of ketones is 1. The molecule has 0 atom stereocenters. The maximum absolute atomic E-state index is 12.6. The Labute approximate surface area is 109 Å². The number of rotatable bonds is 0. The van der Waals surface area contributed by atoms with Crippen LogP contribution in [0.5, 0.6) is 5.75 Å². The molecule has 2 heterocycles. The fraction of sp³-hybridized carbons (Fsp3) is 0.0625. The standard InChI is InChI=1S/C16H11NO2/c18-15-11-6-2-1-5-10(11)9-19-16-12-7-3-4-8-13(12)17-14(15)16/h1-8,17H,9H2. The van der Waals surface area contributed by atoms with E-state index < -0.39 is 0 Å². The number of aromatic amines is 1. The van der Waals surface area contributed by atoms with Gasteiger partial charge in [-0.3, -0.25) is 4.79 Å². The SMILES string of the molecule is O=C1c2ccccc2COc2c1[nH]c1ccccc21. The number of ether oxygens (including phenoxy) is 1. The largest absolute Gasteiger partial charge is 0.486 e. The van der Waals surface area contributed by atoms with Gasteiger partial charge in [-0.1, -0.05) is 36.4 Å². The van der Waals surface area contributed by atoms with Gasteiger partial charge < -0.3 is 9.72 Å². The molecule has 4 rings (SSSR count). The van der Waals surface area contributed by atoms with Crippen LogP contribution in [-0.4, -0.2) is 10.8 Å². The van der Waals surface area contributed by atoms with E-state index in [1.807, 2.05) is 48.5 Å². The van der Waals surface area contributed by atoms with E-state index in [0.29, 0.717) is 23.6 Å². The summed E-state index contributed by atoms with van der Waals surface area (Å²) < 4.78 is 5.85. The highest BCUT2D eigenvalue weighted by molar-refractivity contribution is 6.14. The summed E-state index contributed by atoms with van der Waals surface area (Å²) in [6.45, 7) is 0.427. The average Bonchev–Trinajstić information content (AvgIpc) is 2.77. The van der Waals surface area contributed by atoms with Gasteiger partial charge in [0.25, 0.3) is 0 Å². The third-order valence-corrected chi connectivity index (χ3v) is 3.52. The van der Waals surface area contributed by atoms with E-state index in [-0.39, 0.29) is 5.78 Å². The van der Waals surface area contributed by atoms with Crippen molar-refractivity contribution in [2.24, 2.45) is 0 Å². The molecule has 1 N–H and O–H groups in total. The summed E-state index contributed by atoms with van der Waals surface area (Å²) in [5.41, 5.74) is 3.13. The fourth-order valence-corrected chi connectivity index (χ4v) is 2.58. The van der Waals surface area contributed by atoms with Crippen molar-refractivity contribution in [1.82, 2.24) is 4.98 Å². The summed E-state index contributed by atoms with van der Waals surface area (Å²) in [6, 6.07) is 15.4. The minimum Gasteiger partial charge on any atom is -0.486 e. The number of fused-ring (bicyclic) bond motifs is 4. The van der Waals surface area contributed by atoms with Crippen molar-refractivity contribution < 1.29 is 9.53 Å². The number of para-hydroxylation sites is 1. The lowest BCUT2D eigenvalue weighted by molar-refractivity contribution is 0.103. The minimum absolute atomic E-state index is 0.000648. The van der Waals surface area contributed by atoms with Crippen molar-refractivity contribution in [2.45, 2.75) is 6.61 Å². The molecule has 0 amide bonds. The van der Waals surface area contributed by atoms with Crippen molar-refractivity contribution in [3.05, 3.63) is 65.4 Å². The fourth-order valence-electron chi connectivity index (χ4n) is 2.58. The zero-order valence-electron chi connectivity index (χ0n) is 10.1.